The van der Waals surface area contributed by atoms with Crippen LogP contribution in [0.1, 0.15) is 15.2 Å². The zero-order chi connectivity index (χ0) is 20.2. The number of para-hydroxylation sites is 1. The molecule has 0 spiro atoms. The van der Waals surface area contributed by atoms with Crippen molar-refractivity contribution in [2.75, 3.05) is 39.8 Å². The molecule has 0 bridgehead atoms. The van der Waals surface area contributed by atoms with Gasteiger partial charge in [0.1, 0.15) is 0 Å². The van der Waals surface area contributed by atoms with Crippen LogP contribution in [0.25, 0.3) is 17.0 Å². The summed E-state index contributed by atoms with van der Waals surface area (Å²) < 4.78 is 2.10. The number of allylic oxidation sites excluding steroid dienone is 1. The zero-order valence-electron chi connectivity index (χ0n) is 16.7. The molecule has 4 rings (SSSR count). The third-order valence-corrected chi connectivity index (χ3v) is 6.35. The number of piperazine rings is 1. The van der Waals surface area contributed by atoms with Gasteiger partial charge in [0.05, 0.1) is 11.0 Å². The highest BCUT2D eigenvalue weighted by Gasteiger charge is 2.18. The number of hydrogen-bond acceptors (Lipinski definition) is 5. The molecule has 152 valence electrons. The monoisotopic (exact) mass is 409 g/mol. The summed E-state index contributed by atoms with van der Waals surface area (Å²) in [4.78, 5) is 17.7. The predicted octanol–water partition coefficient (Wildman–Crippen LogP) is 3.21. The highest BCUT2D eigenvalue weighted by Crippen LogP contribution is 2.23. The van der Waals surface area contributed by atoms with Crippen molar-refractivity contribution in [3.63, 3.8) is 0 Å². The Morgan fingerprint density at radius 3 is 2.69 bits per heavy atom. The molecule has 1 unspecified atom stereocenters. The highest BCUT2D eigenvalue weighted by atomic mass is 32.1. The molecule has 1 aliphatic rings. The molecule has 0 aliphatic carbocycles. The Balaban J connectivity index is 1.49. The standard InChI is InChI=1S/C23H27N3O2S/c1-24-10-12-25(13-11-24)16-19(27)17-26-15-18(20-5-2-3-6-21(20)26)8-9-22(28)23-7-4-14-29-23/h2-9,14-15,19,27H,10-13,16-17H2,1H3/b9-8+. The van der Waals surface area contributed by atoms with Crippen LogP contribution in [0.15, 0.2) is 54.1 Å². The Labute approximate surface area is 175 Å². The van der Waals surface area contributed by atoms with E-state index < -0.39 is 6.10 Å². The van der Waals surface area contributed by atoms with Gasteiger partial charge >= 0.3 is 0 Å². The number of rotatable bonds is 7. The lowest BCUT2D eigenvalue weighted by molar-refractivity contribution is 0.0717. The molecule has 1 aromatic carbocycles. The minimum absolute atomic E-state index is 0.0203. The minimum Gasteiger partial charge on any atom is -0.390 e. The second kappa shape index (κ2) is 9.05. The highest BCUT2D eigenvalue weighted by molar-refractivity contribution is 7.12. The average molecular weight is 410 g/mol. The van der Waals surface area contributed by atoms with E-state index in [4.69, 9.17) is 0 Å². The number of β-amino-alcohol motifs (C(OH)–C–C–N with tert-alkyl or cyclic N) is 1. The summed E-state index contributed by atoms with van der Waals surface area (Å²) >= 11 is 1.45. The quantitative estimate of drug-likeness (QED) is 0.481. The number of carbonyl (C=O) groups excluding carboxylic acids is 1. The summed E-state index contributed by atoms with van der Waals surface area (Å²) in [5.74, 6) is 0.0203. The minimum atomic E-state index is -0.432. The summed E-state index contributed by atoms with van der Waals surface area (Å²) in [7, 11) is 2.14. The number of aromatic nitrogens is 1. The van der Waals surface area contributed by atoms with Crippen molar-refractivity contribution in [2.24, 2.45) is 0 Å². The van der Waals surface area contributed by atoms with Crippen LogP contribution in [-0.2, 0) is 6.54 Å². The van der Waals surface area contributed by atoms with Crippen molar-refractivity contribution in [3.05, 3.63) is 64.5 Å². The second-order valence-corrected chi connectivity index (χ2v) is 8.63. The lowest BCUT2D eigenvalue weighted by atomic mass is 10.1. The molecule has 1 aliphatic heterocycles. The molecule has 2 aromatic heterocycles. The first-order valence-electron chi connectivity index (χ1n) is 10.0. The fraction of sp³-hybridized carbons (Fsp3) is 0.348. The van der Waals surface area contributed by atoms with E-state index in [0.29, 0.717) is 13.1 Å². The number of aliphatic hydroxyl groups excluding tert-OH is 1. The molecule has 1 fully saturated rings. The first kappa shape index (κ1) is 20.0. The Morgan fingerprint density at radius 2 is 1.93 bits per heavy atom. The van der Waals surface area contributed by atoms with Gasteiger partial charge in [-0.3, -0.25) is 9.69 Å². The predicted molar refractivity (Wildman–Crippen MR) is 120 cm³/mol. The third-order valence-electron chi connectivity index (χ3n) is 5.47. The van der Waals surface area contributed by atoms with Gasteiger partial charge < -0.3 is 14.6 Å². The van der Waals surface area contributed by atoms with Gasteiger partial charge in [-0.2, -0.15) is 0 Å². The SMILES string of the molecule is CN1CCN(CC(O)Cn2cc(/C=C/C(=O)c3cccs3)c3ccccc32)CC1. The van der Waals surface area contributed by atoms with Gasteiger partial charge in [-0.15, -0.1) is 11.3 Å². The molecule has 3 heterocycles. The fourth-order valence-corrected chi connectivity index (χ4v) is 4.48. The summed E-state index contributed by atoms with van der Waals surface area (Å²) in [6, 6.07) is 11.9. The third kappa shape index (κ3) is 4.85. The van der Waals surface area contributed by atoms with Crippen LogP contribution in [0, 0.1) is 0 Å². The number of fused-ring (bicyclic) bond motifs is 1. The maximum absolute atomic E-state index is 12.3. The number of ketones is 1. The van der Waals surface area contributed by atoms with E-state index in [0.717, 1.165) is 47.5 Å². The van der Waals surface area contributed by atoms with Gasteiger partial charge in [-0.25, -0.2) is 0 Å². The normalized spacial score (nSPS) is 17.3. The van der Waals surface area contributed by atoms with E-state index in [9.17, 15) is 9.90 Å². The number of likely N-dealkylation sites (N-methyl/N-ethyl adjacent to an activating group) is 1. The Bertz CT molecular complexity index is 985. The molecule has 5 nitrogen and oxygen atoms in total. The Kier molecular flexibility index (Phi) is 6.25. The molecular formula is C23H27N3O2S. The molecule has 0 amide bonds. The van der Waals surface area contributed by atoms with Gasteiger partial charge in [0, 0.05) is 61.9 Å². The average Bonchev–Trinajstić information content (AvgIpc) is 3.37. The van der Waals surface area contributed by atoms with E-state index in [1.807, 2.05) is 41.9 Å². The number of benzene rings is 1. The number of hydrogen-bond donors (Lipinski definition) is 1. The fourth-order valence-electron chi connectivity index (χ4n) is 3.84. The van der Waals surface area contributed by atoms with E-state index in [2.05, 4.69) is 33.5 Å². The molecule has 1 saturated heterocycles. The van der Waals surface area contributed by atoms with Gasteiger partial charge in [0.25, 0.3) is 0 Å². The number of aliphatic hydroxyl groups is 1. The van der Waals surface area contributed by atoms with Crippen LogP contribution in [-0.4, -0.2) is 71.1 Å². The largest absolute Gasteiger partial charge is 0.390 e. The van der Waals surface area contributed by atoms with Crippen molar-refractivity contribution < 1.29 is 9.90 Å². The van der Waals surface area contributed by atoms with Gasteiger partial charge in [-0.1, -0.05) is 24.3 Å². The van der Waals surface area contributed by atoms with Gasteiger partial charge in [0.15, 0.2) is 5.78 Å². The first-order valence-corrected chi connectivity index (χ1v) is 10.9. The second-order valence-electron chi connectivity index (χ2n) is 7.69. The van der Waals surface area contributed by atoms with E-state index in [1.54, 1.807) is 6.08 Å². The molecule has 0 radical (unpaired) electrons. The molecular weight excluding hydrogens is 382 g/mol. The topological polar surface area (TPSA) is 48.7 Å². The first-order chi connectivity index (χ1) is 14.1. The zero-order valence-corrected chi connectivity index (χ0v) is 17.5. The smallest absolute Gasteiger partial charge is 0.195 e. The molecule has 29 heavy (non-hydrogen) atoms. The van der Waals surface area contributed by atoms with Crippen molar-refractivity contribution in [1.29, 1.82) is 0 Å². The van der Waals surface area contributed by atoms with Crippen LogP contribution in [0.3, 0.4) is 0 Å². The number of carbonyl (C=O) groups is 1. The van der Waals surface area contributed by atoms with Crippen molar-refractivity contribution >= 4 is 34.1 Å². The lowest BCUT2D eigenvalue weighted by Gasteiger charge is -2.33. The molecule has 1 N–H and O–H groups in total. The van der Waals surface area contributed by atoms with E-state index in [1.165, 1.54) is 11.3 Å². The van der Waals surface area contributed by atoms with Gasteiger partial charge in [0.2, 0.25) is 0 Å². The summed E-state index contributed by atoms with van der Waals surface area (Å²) in [5, 5.41) is 13.7. The summed E-state index contributed by atoms with van der Waals surface area (Å²) in [5.41, 5.74) is 2.07. The number of thiophene rings is 1. The van der Waals surface area contributed by atoms with Gasteiger partial charge in [-0.05, 0) is 36.7 Å². The molecule has 3 aromatic rings. The van der Waals surface area contributed by atoms with Crippen LogP contribution in [0.4, 0.5) is 0 Å². The Hall–Kier alpha value is -2.25. The van der Waals surface area contributed by atoms with Crippen molar-refractivity contribution in [3.8, 4) is 0 Å². The van der Waals surface area contributed by atoms with Crippen molar-refractivity contribution in [2.45, 2.75) is 12.6 Å². The van der Waals surface area contributed by atoms with Crippen LogP contribution >= 0.6 is 11.3 Å². The molecule has 0 saturated carbocycles. The van der Waals surface area contributed by atoms with Crippen LogP contribution in [0.2, 0.25) is 0 Å². The molecule has 6 heteroatoms. The summed E-state index contributed by atoms with van der Waals surface area (Å²) in [6.07, 6.45) is 5.13. The summed E-state index contributed by atoms with van der Waals surface area (Å²) in [6.45, 7) is 5.32. The maximum atomic E-state index is 12.3. The number of nitrogens with zero attached hydrogens (tertiary/aromatic N) is 3. The molecule has 1 atom stereocenters. The van der Waals surface area contributed by atoms with E-state index >= 15 is 0 Å². The van der Waals surface area contributed by atoms with Crippen molar-refractivity contribution in [1.82, 2.24) is 14.4 Å². The van der Waals surface area contributed by atoms with Crippen LogP contribution in [0.5, 0.6) is 0 Å². The van der Waals surface area contributed by atoms with Crippen LogP contribution < -0.4 is 0 Å². The van der Waals surface area contributed by atoms with E-state index in [-0.39, 0.29) is 5.78 Å². The lowest BCUT2D eigenvalue weighted by Crippen LogP contribution is -2.47. The Morgan fingerprint density at radius 1 is 1.14 bits per heavy atom. The maximum Gasteiger partial charge on any atom is 0.195 e.